The lowest BCUT2D eigenvalue weighted by Gasteiger charge is -2.10. The minimum absolute atomic E-state index is 0.355. The second-order valence-electron chi connectivity index (χ2n) is 3.92. The van der Waals surface area contributed by atoms with Gasteiger partial charge in [-0.15, -0.1) is 0 Å². The quantitative estimate of drug-likeness (QED) is 0.790. The number of nitrogens with zero attached hydrogens (tertiary/aromatic N) is 2. The summed E-state index contributed by atoms with van der Waals surface area (Å²) in [5, 5.41) is 1.05. The summed E-state index contributed by atoms with van der Waals surface area (Å²) in [6.07, 6.45) is 0. The van der Waals surface area contributed by atoms with Crippen LogP contribution in [-0.2, 0) is 0 Å². The highest BCUT2D eigenvalue weighted by Gasteiger charge is 2.10. The van der Waals surface area contributed by atoms with Crippen LogP contribution < -0.4 is 4.74 Å². The van der Waals surface area contributed by atoms with Gasteiger partial charge >= 0.3 is 0 Å². The van der Waals surface area contributed by atoms with E-state index >= 15 is 0 Å². The fourth-order valence-corrected chi connectivity index (χ4v) is 2.05. The molecule has 0 spiro atoms. The number of ether oxygens (including phenoxy) is 1. The first kappa shape index (κ1) is 11.3. The number of benzene rings is 1. The van der Waals surface area contributed by atoms with E-state index < -0.39 is 0 Å². The Kier molecular flexibility index (Phi) is 3.10. The van der Waals surface area contributed by atoms with Crippen LogP contribution in [0.4, 0.5) is 0 Å². The molecule has 3 nitrogen and oxygen atoms in total. The number of aromatic nitrogens is 2. The molecule has 0 aliphatic rings. The van der Waals surface area contributed by atoms with Crippen molar-refractivity contribution in [3.8, 4) is 5.75 Å². The van der Waals surface area contributed by atoms with Crippen LogP contribution >= 0.6 is 15.9 Å². The Morgan fingerprint density at radius 2 is 2.00 bits per heavy atom. The Balaban J connectivity index is 2.75. The zero-order chi connectivity index (χ0) is 11.7. The van der Waals surface area contributed by atoms with E-state index in [9.17, 15) is 0 Å². The summed E-state index contributed by atoms with van der Waals surface area (Å²) >= 11 is 3.33. The van der Waals surface area contributed by atoms with Gasteiger partial charge < -0.3 is 4.74 Å². The lowest BCUT2D eigenvalue weighted by Crippen LogP contribution is -1.98. The van der Waals surface area contributed by atoms with Gasteiger partial charge in [0.15, 0.2) is 4.73 Å². The molecule has 1 aromatic carbocycles. The summed E-state index contributed by atoms with van der Waals surface area (Å²) in [7, 11) is 1.66. The maximum Gasteiger partial charge on any atom is 0.197 e. The zero-order valence-corrected chi connectivity index (χ0v) is 11.1. The molecule has 0 saturated carbocycles. The number of methoxy groups -OCH3 is 1. The fourth-order valence-electron chi connectivity index (χ4n) is 1.67. The third-order valence-electron chi connectivity index (χ3n) is 2.45. The molecule has 1 heterocycles. The molecule has 0 saturated heterocycles. The maximum absolute atomic E-state index is 5.22. The van der Waals surface area contributed by atoms with Crippen LogP contribution in [0.5, 0.6) is 5.75 Å². The molecule has 0 radical (unpaired) electrons. The average molecular weight is 281 g/mol. The lowest BCUT2D eigenvalue weighted by molar-refractivity contribution is 0.415. The number of fused-ring (bicyclic) bond motifs is 1. The van der Waals surface area contributed by atoms with Crippen LogP contribution in [0.15, 0.2) is 22.9 Å². The molecule has 0 amide bonds. The first-order chi connectivity index (χ1) is 7.61. The summed E-state index contributed by atoms with van der Waals surface area (Å²) in [5.41, 5.74) is 1.97. The Hall–Kier alpha value is -1.16. The van der Waals surface area contributed by atoms with E-state index in [0.29, 0.717) is 10.7 Å². The van der Waals surface area contributed by atoms with Gasteiger partial charge in [-0.2, -0.15) is 0 Å². The number of hydrogen-bond donors (Lipinski definition) is 0. The summed E-state index contributed by atoms with van der Waals surface area (Å²) in [5.74, 6) is 1.19. The molecule has 0 unspecified atom stereocenters. The summed E-state index contributed by atoms with van der Waals surface area (Å²) in [6, 6.07) is 5.84. The van der Waals surface area contributed by atoms with Crippen molar-refractivity contribution < 1.29 is 4.74 Å². The van der Waals surface area contributed by atoms with Gasteiger partial charge in [0.05, 0.1) is 18.3 Å². The number of rotatable bonds is 2. The van der Waals surface area contributed by atoms with Gasteiger partial charge in [0.25, 0.3) is 0 Å². The predicted molar refractivity (Wildman–Crippen MR) is 67.9 cm³/mol. The normalized spacial score (nSPS) is 11.1. The van der Waals surface area contributed by atoms with E-state index in [1.165, 1.54) is 0 Å². The van der Waals surface area contributed by atoms with E-state index in [0.717, 1.165) is 22.3 Å². The molecule has 0 bridgehead atoms. The minimum Gasteiger partial charge on any atom is -0.497 e. The number of halogens is 1. The molecule has 0 aliphatic heterocycles. The zero-order valence-electron chi connectivity index (χ0n) is 9.49. The van der Waals surface area contributed by atoms with Gasteiger partial charge in [-0.05, 0) is 40.0 Å². The molecule has 4 heteroatoms. The summed E-state index contributed by atoms with van der Waals surface area (Å²) in [6.45, 7) is 4.24. The van der Waals surface area contributed by atoms with Crippen molar-refractivity contribution >= 4 is 26.8 Å². The highest BCUT2D eigenvalue weighted by Crippen LogP contribution is 2.27. The van der Waals surface area contributed by atoms with Crippen molar-refractivity contribution in [1.82, 2.24) is 9.97 Å². The second-order valence-corrected chi connectivity index (χ2v) is 4.62. The third-order valence-corrected chi connectivity index (χ3v) is 2.81. The highest BCUT2D eigenvalue weighted by atomic mass is 79.9. The van der Waals surface area contributed by atoms with E-state index in [-0.39, 0.29) is 0 Å². The molecular weight excluding hydrogens is 268 g/mol. The van der Waals surface area contributed by atoms with E-state index in [4.69, 9.17) is 4.74 Å². The van der Waals surface area contributed by atoms with Crippen molar-refractivity contribution in [3.05, 3.63) is 28.6 Å². The van der Waals surface area contributed by atoms with Gasteiger partial charge in [-0.1, -0.05) is 13.8 Å². The molecule has 0 fully saturated rings. The van der Waals surface area contributed by atoms with Gasteiger partial charge in [-0.25, -0.2) is 9.97 Å². The number of hydrogen-bond acceptors (Lipinski definition) is 3. The lowest BCUT2D eigenvalue weighted by atomic mass is 10.0. The highest BCUT2D eigenvalue weighted by molar-refractivity contribution is 9.10. The Bertz CT molecular complexity index is 526. The molecular formula is C12H13BrN2O. The van der Waals surface area contributed by atoms with Crippen LogP contribution in [0.3, 0.4) is 0 Å². The predicted octanol–water partition coefficient (Wildman–Crippen LogP) is 3.52. The Morgan fingerprint density at radius 3 is 2.62 bits per heavy atom. The molecule has 84 valence electrons. The van der Waals surface area contributed by atoms with Gasteiger partial charge in [0.2, 0.25) is 0 Å². The average Bonchev–Trinajstić information content (AvgIpc) is 2.27. The van der Waals surface area contributed by atoms with Crippen molar-refractivity contribution in [3.63, 3.8) is 0 Å². The molecule has 0 N–H and O–H groups in total. The molecule has 2 rings (SSSR count). The standard InChI is InChI=1S/C12H13BrN2O/c1-7(2)11-9-6-8(16-3)4-5-10(9)14-12(13)15-11/h4-7H,1-3H3. The molecule has 0 aliphatic carbocycles. The first-order valence-corrected chi connectivity index (χ1v) is 5.92. The molecule has 16 heavy (non-hydrogen) atoms. The Morgan fingerprint density at radius 1 is 1.25 bits per heavy atom. The molecule has 0 atom stereocenters. The largest absolute Gasteiger partial charge is 0.497 e. The topological polar surface area (TPSA) is 35.0 Å². The van der Waals surface area contributed by atoms with Crippen molar-refractivity contribution in [2.24, 2.45) is 0 Å². The first-order valence-electron chi connectivity index (χ1n) is 5.13. The van der Waals surface area contributed by atoms with Gasteiger partial charge in [0, 0.05) is 5.39 Å². The molecule has 2 aromatic rings. The van der Waals surface area contributed by atoms with Crippen molar-refractivity contribution in [1.29, 1.82) is 0 Å². The van der Waals surface area contributed by atoms with E-state index in [1.807, 2.05) is 18.2 Å². The summed E-state index contributed by atoms with van der Waals surface area (Å²) < 4.78 is 5.85. The van der Waals surface area contributed by atoms with Gasteiger partial charge in [-0.3, -0.25) is 0 Å². The monoisotopic (exact) mass is 280 g/mol. The van der Waals surface area contributed by atoms with Crippen LogP contribution in [0.25, 0.3) is 10.9 Å². The van der Waals surface area contributed by atoms with Crippen LogP contribution in [0.2, 0.25) is 0 Å². The van der Waals surface area contributed by atoms with Crippen LogP contribution in [0, 0.1) is 0 Å². The smallest absolute Gasteiger partial charge is 0.197 e. The van der Waals surface area contributed by atoms with E-state index in [2.05, 4.69) is 39.7 Å². The van der Waals surface area contributed by atoms with Crippen molar-refractivity contribution in [2.75, 3.05) is 7.11 Å². The molecule has 1 aromatic heterocycles. The van der Waals surface area contributed by atoms with E-state index in [1.54, 1.807) is 7.11 Å². The minimum atomic E-state index is 0.355. The second kappa shape index (κ2) is 4.37. The van der Waals surface area contributed by atoms with Crippen LogP contribution in [-0.4, -0.2) is 17.1 Å². The maximum atomic E-state index is 5.22. The van der Waals surface area contributed by atoms with Gasteiger partial charge in [0.1, 0.15) is 5.75 Å². The van der Waals surface area contributed by atoms with Crippen LogP contribution in [0.1, 0.15) is 25.5 Å². The van der Waals surface area contributed by atoms with Crippen molar-refractivity contribution in [2.45, 2.75) is 19.8 Å². The fraction of sp³-hybridized carbons (Fsp3) is 0.333. The SMILES string of the molecule is COc1ccc2nc(Br)nc(C(C)C)c2c1. The third kappa shape index (κ3) is 2.02. The summed E-state index contributed by atoms with van der Waals surface area (Å²) in [4.78, 5) is 8.77. The Labute approximate surface area is 103 Å².